The molecule has 1 fully saturated rings. The van der Waals surface area contributed by atoms with Gasteiger partial charge in [-0.1, -0.05) is 0 Å². The number of piperazine rings is 1. The Bertz CT molecular complexity index is 512. The molecule has 0 aromatic carbocycles. The number of aromatic nitrogens is 1. The molecule has 0 spiro atoms. The van der Waals surface area contributed by atoms with Crippen molar-refractivity contribution >= 4 is 11.8 Å². The third kappa shape index (κ3) is 6.75. The Morgan fingerprint density at radius 1 is 1.08 bits per heavy atom. The summed E-state index contributed by atoms with van der Waals surface area (Å²) in [4.78, 5) is 9.07. The lowest BCUT2D eigenvalue weighted by Gasteiger charge is -2.38. The Balaban J connectivity index is 1.73. The lowest BCUT2D eigenvalue weighted by atomic mass is 10.1. The summed E-state index contributed by atoms with van der Waals surface area (Å²) in [7, 11) is 0. The summed E-state index contributed by atoms with van der Waals surface area (Å²) >= 11 is 1.92. The van der Waals surface area contributed by atoms with E-state index in [-0.39, 0.29) is 13.2 Å². The molecule has 2 heterocycles. The molecule has 7 heteroatoms. The molecule has 142 valence electrons. The third-order valence-corrected chi connectivity index (χ3v) is 5.76. The molecule has 1 saturated heterocycles. The first-order valence-electron chi connectivity index (χ1n) is 8.80. The van der Waals surface area contributed by atoms with Gasteiger partial charge in [0.1, 0.15) is 12.4 Å². The van der Waals surface area contributed by atoms with Crippen LogP contribution in [0.15, 0.2) is 12.1 Å². The van der Waals surface area contributed by atoms with E-state index in [2.05, 4.69) is 34.9 Å². The Hall–Kier alpha value is -0.860. The minimum atomic E-state index is -0.154. The predicted molar refractivity (Wildman–Crippen MR) is 102 cm³/mol. The number of ether oxygens (including phenoxy) is 1. The van der Waals surface area contributed by atoms with Gasteiger partial charge in [-0.05, 0) is 20.1 Å². The summed E-state index contributed by atoms with van der Waals surface area (Å²) in [6, 6.07) is 3.45. The Morgan fingerprint density at radius 2 is 1.64 bits per heavy atom. The van der Waals surface area contributed by atoms with Crippen molar-refractivity contribution in [1.29, 1.82) is 0 Å². The van der Waals surface area contributed by atoms with Crippen LogP contribution in [0.5, 0.6) is 5.75 Å². The van der Waals surface area contributed by atoms with Crippen LogP contribution in [0, 0.1) is 0 Å². The topological polar surface area (TPSA) is 69.1 Å². The smallest absolute Gasteiger partial charge is 0.123 e. The highest BCUT2D eigenvalue weighted by Gasteiger charge is 2.23. The molecule has 25 heavy (non-hydrogen) atoms. The maximum atomic E-state index is 9.22. The van der Waals surface area contributed by atoms with Gasteiger partial charge in [-0.3, -0.25) is 14.8 Å². The van der Waals surface area contributed by atoms with Crippen molar-refractivity contribution in [3.05, 3.63) is 23.5 Å². The van der Waals surface area contributed by atoms with E-state index in [9.17, 15) is 10.2 Å². The minimum absolute atomic E-state index is 0.154. The van der Waals surface area contributed by atoms with Gasteiger partial charge in [0.05, 0.1) is 24.6 Å². The predicted octanol–water partition coefficient (Wildman–Crippen LogP) is 1.20. The van der Waals surface area contributed by atoms with Crippen molar-refractivity contribution in [2.45, 2.75) is 31.8 Å². The van der Waals surface area contributed by atoms with Crippen LogP contribution in [0.3, 0.4) is 0 Å². The van der Waals surface area contributed by atoms with E-state index < -0.39 is 0 Å². The maximum absolute atomic E-state index is 9.22. The number of aliphatic hydroxyl groups is 2. The standard InChI is InChI=1S/C18H31N3O3S/c1-18(2,25-3)14-21-6-4-20(5-7-21)8-9-24-17-10-15(12-22)19-16(11-17)13-23/h10-11,22-23H,4-9,12-14H2,1-3H3. The van der Waals surface area contributed by atoms with E-state index >= 15 is 0 Å². The van der Waals surface area contributed by atoms with Gasteiger partial charge in [0, 0.05) is 56.1 Å². The molecule has 0 bridgehead atoms. The quantitative estimate of drug-likeness (QED) is 0.678. The van der Waals surface area contributed by atoms with Crippen molar-refractivity contribution in [1.82, 2.24) is 14.8 Å². The zero-order chi connectivity index (χ0) is 18.3. The van der Waals surface area contributed by atoms with Crippen molar-refractivity contribution in [3.63, 3.8) is 0 Å². The fraction of sp³-hybridized carbons (Fsp3) is 0.722. The number of pyridine rings is 1. The average molecular weight is 370 g/mol. The fourth-order valence-electron chi connectivity index (χ4n) is 2.93. The highest BCUT2D eigenvalue weighted by Crippen LogP contribution is 2.23. The summed E-state index contributed by atoms with van der Waals surface area (Å²) in [5.74, 6) is 0.656. The molecular formula is C18H31N3O3S. The van der Waals surface area contributed by atoms with E-state index in [0.717, 1.165) is 39.3 Å². The Labute approximate surface area is 155 Å². The molecule has 0 saturated carbocycles. The van der Waals surface area contributed by atoms with Crippen LogP contribution < -0.4 is 4.74 Å². The molecule has 2 N–H and O–H groups in total. The van der Waals surface area contributed by atoms with Gasteiger partial charge in [-0.2, -0.15) is 11.8 Å². The zero-order valence-corrected chi connectivity index (χ0v) is 16.4. The van der Waals surface area contributed by atoms with E-state index in [4.69, 9.17) is 4.74 Å². The second-order valence-corrected chi connectivity index (χ2v) is 8.55. The average Bonchev–Trinajstić information content (AvgIpc) is 2.62. The van der Waals surface area contributed by atoms with Gasteiger partial charge in [-0.25, -0.2) is 0 Å². The molecule has 1 aromatic rings. The van der Waals surface area contributed by atoms with Crippen molar-refractivity contribution in [2.75, 3.05) is 52.1 Å². The third-order valence-electron chi connectivity index (χ3n) is 4.53. The van der Waals surface area contributed by atoms with Crippen LogP contribution in [-0.2, 0) is 13.2 Å². The summed E-state index contributed by atoms with van der Waals surface area (Å²) in [5.41, 5.74) is 1.04. The van der Waals surface area contributed by atoms with Crippen LogP contribution >= 0.6 is 11.8 Å². The summed E-state index contributed by atoms with van der Waals surface area (Å²) in [6.07, 6.45) is 2.18. The van der Waals surface area contributed by atoms with Crippen molar-refractivity contribution < 1.29 is 14.9 Å². The first kappa shape index (κ1) is 20.5. The van der Waals surface area contributed by atoms with Gasteiger partial charge in [-0.15, -0.1) is 0 Å². The number of rotatable bonds is 9. The van der Waals surface area contributed by atoms with Gasteiger partial charge >= 0.3 is 0 Å². The minimum Gasteiger partial charge on any atom is -0.492 e. The number of aliphatic hydroxyl groups excluding tert-OH is 2. The molecule has 1 aliphatic rings. The highest BCUT2D eigenvalue weighted by molar-refractivity contribution is 7.99. The SMILES string of the molecule is CSC(C)(C)CN1CCN(CCOc2cc(CO)nc(CO)c2)CC1. The first-order chi connectivity index (χ1) is 12.0. The van der Waals surface area contributed by atoms with Gasteiger partial charge < -0.3 is 14.9 Å². The number of thioether (sulfide) groups is 1. The second-order valence-electron chi connectivity index (χ2n) is 7.03. The zero-order valence-electron chi connectivity index (χ0n) is 15.6. The Morgan fingerprint density at radius 3 is 2.16 bits per heavy atom. The number of nitrogens with zero attached hydrogens (tertiary/aromatic N) is 3. The number of hydrogen-bond acceptors (Lipinski definition) is 7. The summed E-state index contributed by atoms with van der Waals surface area (Å²) in [6.45, 7) is 11.2. The van der Waals surface area contributed by atoms with Crippen LogP contribution in [0.1, 0.15) is 25.2 Å². The molecule has 2 rings (SSSR count). The molecule has 0 amide bonds. The molecule has 1 aliphatic heterocycles. The van der Waals surface area contributed by atoms with Crippen LogP contribution in [-0.4, -0.2) is 81.9 Å². The van der Waals surface area contributed by atoms with Crippen LogP contribution in [0.2, 0.25) is 0 Å². The van der Waals surface area contributed by atoms with Crippen molar-refractivity contribution in [2.24, 2.45) is 0 Å². The van der Waals surface area contributed by atoms with E-state index in [1.165, 1.54) is 0 Å². The molecule has 0 radical (unpaired) electrons. The Kier molecular flexibility index (Phi) is 7.96. The molecule has 6 nitrogen and oxygen atoms in total. The van der Waals surface area contributed by atoms with E-state index in [1.54, 1.807) is 12.1 Å². The molecule has 1 aromatic heterocycles. The first-order valence-corrected chi connectivity index (χ1v) is 10.0. The van der Waals surface area contributed by atoms with Gasteiger partial charge in [0.15, 0.2) is 0 Å². The molecule has 0 unspecified atom stereocenters. The highest BCUT2D eigenvalue weighted by atomic mass is 32.2. The van der Waals surface area contributed by atoms with E-state index in [1.807, 2.05) is 11.8 Å². The monoisotopic (exact) mass is 369 g/mol. The normalized spacial score (nSPS) is 17.0. The van der Waals surface area contributed by atoms with Crippen LogP contribution in [0.4, 0.5) is 0 Å². The molecule has 0 aliphatic carbocycles. The summed E-state index contributed by atoms with van der Waals surface area (Å²) < 4.78 is 6.10. The van der Waals surface area contributed by atoms with Crippen molar-refractivity contribution in [3.8, 4) is 5.75 Å². The molecular weight excluding hydrogens is 338 g/mol. The lowest BCUT2D eigenvalue weighted by Crippen LogP contribution is -2.50. The van der Waals surface area contributed by atoms with Gasteiger partial charge in [0.25, 0.3) is 0 Å². The van der Waals surface area contributed by atoms with Crippen LogP contribution in [0.25, 0.3) is 0 Å². The molecule has 0 atom stereocenters. The number of hydrogen-bond donors (Lipinski definition) is 2. The second kappa shape index (κ2) is 9.73. The lowest BCUT2D eigenvalue weighted by molar-refractivity contribution is 0.112. The summed E-state index contributed by atoms with van der Waals surface area (Å²) in [5, 5.41) is 18.4. The largest absolute Gasteiger partial charge is 0.492 e. The fourth-order valence-corrected chi connectivity index (χ4v) is 3.24. The van der Waals surface area contributed by atoms with Gasteiger partial charge in [0.2, 0.25) is 0 Å². The van der Waals surface area contributed by atoms with E-state index in [0.29, 0.717) is 28.5 Å². The maximum Gasteiger partial charge on any atom is 0.123 e.